The molecule has 0 bridgehead atoms. The van der Waals surface area contributed by atoms with Gasteiger partial charge in [0.25, 0.3) is 0 Å². The molecule has 0 saturated heterocycles. The molecule has 0 unspecified atom stereocenters. The van der Waals surface area contributed by atoms with Crippen LogP contribution in [0.4, 0.5) is 0 Å². The molecule has 1 nitrogen and oxygen atoms in total. The fourth-order valence-electron chi connectivity index (χ4n) is 1.15. The van der Waals surface area contributed by atoms with Crippen molar-refractivity contribution in [3.63, 3.8) is 0 Å². The van der Waals surface area contributed by atoms with Crippen molar-refractivity contribution in [2.24, 2.45) is 5.92 Å². The summed E-state index contributed by atoms with van der Waals surface area (Å²) >= 11 is 1.82. The van der Waals surface area contributed by atoms with Gasteiger partial charge in [-0.2, -0.15) is 11.8 Å². The van der Waals surface area contributed by atoms with Gasteiger partial charge in [0.2, 0.25) is 0 Å². The molecule has 12 heavy (non-hydrogen) atoms. The minimum atomic E-state index is 0.462. The zero-order chi connectivity index (χ0) is 8.81. The lowest BCUT2D eigenvalue weighted by Gasteiger charge is -1.98. The molecule has 0 aromatic heterocycles. The Morgan fingerprint density at radius 2 is 2.17 bits per heavy atom. The highest BCUT2D eigenvalue weighted by Gasteiger charge is 2.28. The first-order valence-electron chi connectivity index (χ1n) is 4.95. The number of carbonyl (C=O) groups excluding carboxylic acids is 1. The van der Waals surface area contributed by atoms with Crippen LogP contribution < -0.4 is 0 Å². The van der Waals surface area contributed by atoms with Crippen LogP contribution in [0.25, 0.3) is 0 Å². The molecule has 1 fully saturated rings. The fraction of sp³-hybridized carbons (Fsp3) is 0.900. The summed E-state index contributed by atoms with van der Waals surface area (Å²) in [7, 11) is 0. The molecule has 2 heteroatoms. The van der Waals surface area contributed by atoms with Crippen molar-refractivity contribution in [3.8, 4) is 0 Å². The summed E-state index contributed by atoms with van der Waals surface area (Å²) in [6.45, 7) is 2.21. The molecule has 1 aliphatic carbocycles. The van der Waals surface area contributed by atoms with Crippen LogP contribution >= 0.6 is 11.8 Å². The van der Waals surface area contributed by atoms with Gasteiger partial charge in [0.05, 0.1) is 5.75 Å². The lowest BCUT2D eigenvalue weighted by Crippen LogP contribution is -2.03. The van der Waals surface area contributed by atoms with E-state index in [0.717, 1.165) is 18.6 Å². The molecule has 0 spiro atoms. The summed E-state index contributed by atoms with van der Waals surface area (Å²) in [4.78, 5) is 11.2. The SMILES string of the molecule is CCCCCSCC(=O)C1CC1. The van der Waals surface area contributed by atoms with Gasteiger partial charge in [0.1, 0.15) is 5.78 Å². The van der Waals surface area contributed by atoms with Gasteiger partial charge in [0, 0.05) is 5.92 Å². The molecule has 0 aliphatic heterocycles. The van der Waals surface area contributed by atoms with Gasteiger partial charge in [-0.1, -0.05) is 19.8 Å². The van der Waals surface area contributed by atoms with Crippen LogP contribution in [0.2, 0.25) is 0 Å². The van der Waals surface area contributed by atoms with Gasteiger partial charge in [-0.15, -0.1) is 0 Å². The number of carbonyl (C=O) groups is 1. The average molecular weight is 186 g/mol. The van der Waals surface area contributed by atoms with Crippen LogP contribution in [0.5, 0.6) is 0 Å². The minimum Gasteiger partial charge on any atom is -0.298 e. The van der Waals surface area contributed by atoms with Crippen molar-refractivity contribution < 1.29 is 4.79 Å². The third-order valence-electron chi connectivity index (χ3n) is 2.17. The zero-order valence-electron chi connectivity index (χ0n) is 7.84. The monoisotopic (exact) mass is 186 g/mol. The molecule has 0 heterocycles. The molecular formula is C10H18OS. The van der Waals surface area contributed by atoms with E-state index in [4.69, 9.17) is 0 Å². The lowest BCUT2D eigenvalue weighted by molar-refractivity contribution is -0.117. The number of unbranched alkanes of at least 4 members (excludes halogenated alkanes) is 2. The normalized spacial score (nSPS) is 16.4. The van der Waals surface area contributed by atoms with Gasteiger partial charge in [0.15, 0.2) is 0 Å². The summed E-state index contributed by atoms with van der Waals surface area (Å²) in [6, 6.07) is 0. The number of Topliss-reactive ketones (excluding diaryl/α,β-unsaturated/α-hetero) is 1. The summed E-state index contributed by atoms with van der Waals surface area (Å²) < 4.78 is 0. The minimum absolute atomic E-state index is 0.462. The summed E-state index contributed by atoms with van der Waals surface area (Å²) in [6.07, 6.45) is 6.18. The topological polar surface area (TPSA) is 17.1 Å². The van der Waals surface area contributed by atoms with E-state index in [2.05, 4.69) is 6.92 Å². The van der Waals surface area contributed by atoms with Crippen LogP contribution in [0, 0.1) is 5.92 Å². The van der Waals surface area contributed by atoms with E-state index in [1.807, 2.05) is 11.8 Å². The van der Waals surface area contributed by atoms with Crippen molar-refractivity contribution in [1.29, 1.82) is 0 Å². The van der Waals surface area contributed by atoms with Crippen molar-refractivity contribution in [2.45, 2.75) is 39.0 Å². The molecule has 0 radical (unpaired) electrons. The van der Waals surface area contributed by atoms with E-state index in [9.17, 15) is 4.79 Å². The van der Waals surface area contributed by atoms with Gasteiger partial charge >= 0.3 is 0 Å². The second-order valence-electron chi connectivity index (χ2n) is 3.50. The number of hydrogen-bond acceptors (Lipinski definition) is 2. The highest BCUT2D eigenvalue weighted by atomic mass is 32.2. The maximum Gasteiger partial charge on any atom is 0.145 e. The van der Waals surface area contributed by atoms with Crippen LogP contribution in [0.15, 0.2) is 0 Å². The largest absolute Gasteiger partial charge is 0.298 e. The zero-order valence-corrected chi connectivity index (χ0v) is 8.66. The van der Waals surface area contributed by atoms with E-state index in [0.29, 0.717) is 11.7 Å². The number of hydrogen-bond donors (Lipinski definition) is 0. The third-order valence-corrected chi connectivity index (χ3v) is 3.24. The van der Waals surface area contributed by atoms with Crippen LogP contribution in [0.1, 0.15) is 39.0 Å². The summed E-state index contributed by atoms with van der Waals surface area (Å²) in [5, 5.41) is 0. The Morgan fingerprint density at radius 1 is 1.42 bits per heavy atom. The second kappa shape index (κ2) is 5.63. The van der Waals surface area contributed by atoms with Crippen molar-refractivity contribution in [2.75, 3.05) is 11.5 Å². The van der Waals surface area contributed by atoms with Crippen molar-refractivity contribution in [3.05, 3.63) is 0 Å². The molecule has 0 aromatic rings. The van der Waals surface area contributed by atoms with Crippen LogP contribution in [0.3, 0.4) is 0 Å². The first kappa shape index (κ1) is 10.1. The quantitative estimate of drug-likeness (QED) is 0.569. The van der Waals surface area contributed by atoms with E-state index in [1.165, 1.54) is 25.0 Å². The van der Waals surface area contributed by atoms with E-state index >= 15 is 0 Å². The lowest BCUT2D eigenvalue weighted by atomic mass is 10.3. The molecule has 1 saturated carbocycles. The highest BCUT2D eigenvalue weighted by Crippen LogP contribution is 2.30. The van der Waals surface area contributed by atoms with Crippen molar-refractivity contribution >= 4 is 17.5 Å². The molecule has 0 N–H and O–H groups in total. The Bertz CT molecular complexity index is 141. The highest BCUT2D eigenvalue weighted by molar-refractivity contribution is 7.99. The Labute approximate surface area is 79.3 Å². The van der Waals surface area contributed by atoms with Crippen LogP contribution in [-0.4, -0.2) is 17.3 Å². The van der Waals surface area contributed by atoms with Gasteiger partial charge in [-0.05, 0) is 25.0 Å². The molecular weight excluding hydrogens is 168 g/mol. The second-order valence-corrected chi connectivity index (χ2v) is 4.61. The summed E-state index contributed by atoms with van der Waals surface area (Å²) in [5.41, 5.74) is 0. The first-order valence-corrected chi connectivity index (χ1v) is 6.10. The predicted molar refractivity (Wildman–Crippen MR) is 54.6 cm³/mol. The average Bonchev–Trinajstić information content (AvgIpc) is 2.86. The van der Waals surface area contributed by atoms with Crippen molar-refractivity contribution in [1.82, 2.24) is 0 Å². The Kier molecular flexibility index (Phi) is 4.74. The number of thioether (sulfide) groups is 1. The fourth-order valence-corrected chi connectivity index (χ4v) is 2.14. The Morgan fingerprint density at radius 3 is 2.75 bits per heavy atom. The molecule has 1 rings (SSSR count). The van der Waals surface area contributed by atoms with Gasteiger partial charge in [-0.3, -0.25) is 4.79 Å². The van der Waals surface area contributed by atoms with E-state index in [-0.39, 0.29) is 0 Å². The molecule has 70 valence electrons. The van der Waals surface area contributed by atoms with Crippen LogP contribution in [-0.2, 0) is 4.79 Å². The number of rotatable bonds is 7. The summed E-state index contributed by atoms with van der Waals surface area (Å²) in [5.74, 6) is 2.90. The Balaban J connectivity index is 1.84. The molecule has 0 aromatic carbocycles. The smallest absolute Gasteiger partial charge is 0.145 e. The van der Waals surface area contributed by atoms with Gasteiger partial charge in [-0.25, -0.2) is 0 Å². The predicted octanol–water partition coefficient (Wildman–Crippen LogP) is 2.89. The maximum atomic E-state index is 11.2. The third kappa shape index (κ3) is 4.15. The molecule has 0 atom stereocenters. The molecule has 1 aliphatic rings. The van der Waals surface area contributed by atoms with Gasteiger partial charge < -0.3 is 0 Å². The Hall–Kier alpha value is 0.0200. The number of ketones is 1. The van der Waals surface area contributed by atoms with E-state index < -0.39 is 0 Å². The first-order chi connectivity index (χ1) is 5.84. The molecule has 0 amide bonds. The standard InChI is InChI=1S/C10H18OS/c1-2-3-4-7-12-8-10(11)9-5-6-9/h9H,2-8H2,1H3. The maximum absolute atomic E-state index is 11.2. The van der Waals surface area contributed by atoms with E-state index in [1.54, 1.807) is 0 Å².